The standard InChI is InChI=1S/C22H25FN2O/c1-22(2)14-17-15-24(21(26)16-7-4-3-5-8-16)12-11-20(17)25(22)19-10-6-9-18(23)13-19/h3-10,13,17,20H,11-12,14-15H2,1-2H3/t17-,20+/m1/s1. The highest BCUT2D eigenvalue weighted by Gasteiger charge is 2.48. The molecule has 0 saturated carbocycles. The van der Waals surface area contributed by atoms with E-state index in [1.165, 1.54) is 6.07 Å². The Hall–Kier alpha value is -2.36. The number of anilines is 1. The number of piperidine rings is 1. The summed E-state index contributed by atoms with van der Waals surface area (Å²) in [6.07, 6.45) is 1.93. The predicted octanol–water partition coefficient (Wildman–Crippen LogP) is 4.35. The van der Waals surface area contributed by atoms with Gasteiger partial charge < -0.3 is 9.80 Å². The molecule has 2 heterocycles. The quantitative estimate of drug-likeness (QED) is 0.802. The normalized spacial score (nSPS) is 24.4. The first-order valence-electron chi connectivity index (χ1n) is 9.35. The van der Waals surface area contributed by atoms with Gasteiger partial charge in [0.2, 0.25) is 0 Å². The first-order valence-corrected chi connectivity index (χ1v) is 9.35. The van der Waals surface area contributed by atoms with E-state index in [0.29, 0.717) is 12.0 Å². The zero-order chi connectivity index (χ0) is 18.3. The Labute approximate surface area is 154 Å². The molecule has 26 heavy (non-hydrogen) atoms. The highest BCUT2D eigenvalue weighted by Crippen LogP contribution is 2.44. The SMILES string of the molecule is CC1(C)C[C@@H]2CN(C(=O)c3ccccc3)CC[C@@H]2N1c1cccc(F)c1. The number of carbonyl (C=O) groups excluding carboxylic acids is 1. The smallest absolute Gasteiger partial charge is 0.253 e. The zero-order valence-electron chi connectivity index (χ0n) is 15.4. The van der Waals surface area contributed by atoms with Gasteiger partial charge >= 0.3 is 0 Å². The van der Waals surface area contributed by atoms with Gasteiger partial charge in [-0.25, -0.2) is 4.39 Å². The molecule has 2 fully saturated rings. The highest BCUT2D eigenvalue weighted by atomic mass is 19.1. The predicted molar refractivity (Wildman–Crippen MR) is 102 cm³/mol. The van der Waals surface area contributed by atoms with Crippen molar-refractivity contribution in [1.29, 1.82) is 0 Å². The summed E-state index contributed by atoms with van der Waals surface area (Å²) in [5.41, 5.74) is 1.66. The number of rotatable bonds is 2. The minimum atomic E-state index is -0.196. The summed E-state index contributed by atoms with van der Waals surface area (Å²) in [5.74, 6) is 0.333. The van der Waals surface area contributed by atoms with E-state index in [1.807, 2.05) is 41.3 Å². The average molecular weight is 352 g/mol. The molecular formula is C22H25FN2O. The van der Waals surface area contributed by atoms with Crippen LogP contribution >= 0.6 is 0 Å². The first-order chi connectivity index (χ1) is 12.5. The Morgan fingerprint density at radius 1 is 1.12 bits per heavy atom. The molecule has 0 aromatic heterocycles. The van der Waals surface area contributed by atoms with Gasteiger partial charge in [0.25, 0.3) is 5.91 Å². The van der Waals surface area contributed by atoms with E-state index >= 15 is 0 Å². The largest absolute Gasteiger partial charge is 0.363 e. The molecule has 0 aliphatic carbocycles. The van der Waals surface area contributed by atoms with Gasteiger partial charge in [-0.1, -0.05) is 24.3 Å². The second-order valence-electron chi connectivity index (χ2n) is 8.10. The van der Waals surface area contributed by atoms with Crippen LogP contribution in [0.1, 0.15) is 37.0 Å². The molecular weight excluding hydrogens is 327 g/mol. The van der Waals surface area contributed by atoms with Crippen molar-refractivity contribution in [2.75, 3.05) is 18.0 Å². The van der Waals surface area contributed by atoms with Crippen LogP contribution in [0.4, 0.5) is 10.1 Å². The van der Waals surface area contributed by atoms with Gasteiger partial charge in [-0.3, -0.25) is 4.79 Å². The van der Waals surface area contributed by atoms with E-state index in [2.05, 4.69) is 18.7 Å². The van der Waals surface area contributed by atoms with E-state index < -0.39 is 0 Å². The van der Waals surface area contributed by atoms with Crippen LogP contribution in [-0.2, 0) is 0 Å². The molecule has 4 rings (SSSR count). The van der Waals surface area contributed by atoms with Crippen LogP contribution in [0.2, 0.25) is 0 Å². The molecule has 0 unspecified atom stereocenters. The Bertz CT molecular complexity index is 805. The number of carbonyl (C=O) groups is 1. The third kappa shape index (κ3) is 2.98. The van der Waals surface area contributed by atoms with E-state index in [9.17, 15) is 9.18 Å². The number of hydrogen-bond acceptors (Lipinski definition) is 2. The molecule has 0 spiro atoms. The number of nitrogens with zero attached hydrogens (tertiary/aromatic N) is 2. The summed E-state index contributed by atoms with van der Waals surface area (Å²) in [7, 11) is 0. The number of likely N-dealkylation sites (tertiary alicyclic amines) is 1. The minimum Gasteiger partial charge on any atom is -0.363 e. The van der Waals surface area contributed by atoms with Gasteiger partial charge in [0, 0.05) is 35.9 Å². The van der Waals surface area contributed by atoms with Gasteiger partial charge in [0.15, 0.2) is 0 Å². The maximum Gasteiger partial charge on any atom is 0.253 e. The van der Waals surface area contributed by atoms with Gasteiger partial charge in [-0.05, 0) is 62.9 Å². The van der Waals surface area contributed by atoms with Crippen molar-refractivity contribution in [3.05, 3.63) is 66.0 Å². The lowest BCUT2D eigenvalue weighted by atomic mass is 9.89. The average Bonchev–Trinajstić information content (AvgIpc) is 2.90. The van der Waals surface area contributed by atoms with Crippen molar-refractivity contribution in [3.63, 3.8) is 0 Å². The third-order valence-corrected chi connectivity index (χ3v) is 5.83. The fourth-order valence-corrected chi connectivity index (χ4v) is 4.86. The lowest BCUT2D eigenvalue weighted by Crippen LogP contribution is -2.50. The molecule has 2 aromatic carbocycles. The minimum absolute atomic E-state index is 0.0467. The van der Waals surface area contributed by atoms with Crippen molar-refractivity contribution in [2.24, 2.45) is 5.92 Å². The molecule has 2 saturated heterocycles. The van der Waals surface area contributed by atoms with Gasteiger partial charge in [0.05, 0.1) is 0 Å². The molecule has 2 atom stereocenters. The monoisotopic (exact) mass is 352 g/mol. The summed E-state index contributed by atoms with van der Waals surface area (Å²) in [4.78, 5) is 17.2. The van der Waals surface area contributed by atoms with E-state index in [1.54, 1.807) is 12.1 Å². The molecule has 3 nitrogen and oxygen atoms in total. The molecule has 2 aromatic rings. The maximum absolute atomic E-state index is 13.8. The molecule has 0 N–H and O–H groups in total. The van der Waals surface area contributed by atoms with Crippen LogP contribution in [0.25, 0.3) is 0 Å². The van der Waals surface area contributed by atoms with Crippen LogP contribution < -0.4 is 4.90 Å². The Kier molecular flexibility index (Phi) is 4.22. The number of fused-ring (bicyclic) bond motifs is 1. The first kappa shape index (κ1) is 17.1. The molecule has 0 radical (unpaired) electrons. The van der Waals surface area contributed by atoms with Crippen molar-refractivity contribution < 1.29 is 9.18 Å². The van der Waals surface area contributed by atoms with Crippen molar-refractivity contribution in [3.8, 4) is 0 Å². The lowest BCUT2D eigenvalue weighted by Gasteiger charge is -2.42. The summed E-state index contributed by atoms with van der Waals surface area (Å²) in [5, 5.41) is 0. The number of benzene rings is 2. The van der Waals surface area contributed by atoms with Crippen molar-refractivity contribution in [2.45, 2.75) is 38.3 Å². The maximum atomic E-state index is 13.8. The fraction of sp³-hybridized carbons (Fsp3) is 0.409. The fourth-order valence-electron chi connectivity index (χ4n) is 4.86. The molecule has 2 aliphatic rings. The van der Waals surface area contributed by atoms with E-state index in [4.69, 9.17) is 0 Å². The molecule has 2 aliphatic heterocycles. The van der Waals surface area contributed by atoms with Gasteiger partial charge in [0.1, 0.15) is 5.82 Å². The number of amides is 1. The van der Waals surface area contributed by atoms with Crippen LogP contribution in [0, 0.1) is 11.7 Å². The van der Waals surface area contributed by atoms with Crippen LogP contribution in [-0.4, -0.2) is 35.5 Å². The molecule has 1 amide bonds. The summed E-state index contributed by atoms with van der Waals surface area (Å²) >= 11 is 0. The van der Waals surface area contributed by atoms with Crippen LogP contribution in [0.15, 0.2) is 54.6 Å². The second-order valence-corrected chi connectivity index (χ2v) is 8.10. The Morgan fingerprint density at radius 3 is 2.62 bits per heavy atom. The molecule has 0 bridgehead atoms. The Morgan fingerprint density at radius 2 is 1.88 bits per heavy atom. The van der Waals surface area contributed by atoms with Gasteiger partial charge in [-0.2, -0.15) is 0 Å². The molecule has 4 heteroatoms. The topological polar surface area (TPSA) is 23.6 Å². The summed E-state index contributed by atoms with van der Waals surface area (Å²) < 4.78 is 13.8. The molecule has 136 valence electrons. The van der Waals surface area contributed by atoms with Crippen LogP contribution in [0.3, 0.4) is 0 Å². The third-order valence-electron chi connectivity index (χ3n) is 5.83. The number of hydrogen-bond donors (Lipinski definition) is 0. The van der Waals surface area contributed by atoms with Crippen molar-refractivity contribution >= 4 is 11.6 Å². The van der Waals surface area contributed by atoms with Crippen LogP contribution in [0.5, 0.6) is 0 Å². The zero-order valence-corrected chi connectivity index (χ0v) is 15.4. The second kappa shape index (κ2) is 6.42. The summed E-state index contributed by atoms with van der Waals surface area (Å²) in [6, 6.07) is 16.8. The highest BCUT2D eigenvalue weighted by molar-refractivity contribution is 5.94. The van der Waals surface area contributed by atoms with Crippen molar-refractivity contribution in [1.82, 2.24) is 4.90 Å². The van der Waals surface area contributed by atoms with E-state index in [0.717, 1.165) is 37.2 Å². The van der Waals surface area contributed by atoms with E-state index in [-0.39, 0.29) is 17.3 Å². The Balaban J connectivity index is 1.56. The number of halogens is 1. The summed E-state index contributed by atoms with van der Waals surface area (Å²) in [6.45, 7) is 5.96. The van der Waals surface area contributed by atoms with Gasteiger partial charge in [-0.15, -0.1) is 0 Å². The lowest BCUT2D eigenvalue weighted by molar-refractivity contribution is 0.0667.